The van der Waals surface area contributed by atoms with Crippen LogP contribution in [0, 0.1) is 0 Å². The van der Waals surface area contributed by atoms with E-state index in [1.807, 2.05) is 0 Å². The van der Waals surface area contributed by atoms with Gasteiger partial charge in [0, 0.05) is 0 Å². The zero-order valence-corrected chi connectivity index (χ0v) is 18.6. The normalized spacial score (nSPS) is 10.3. The average Bonchev–Trinajstić information content (AvgIpc) is 2.55. The molecule has 0 aliphatic carbocycles. The van der Waals surface area contributed by atoms with Crippen molar-refractivity contribution in [2.75, 3.05) is 0 Å². The van der Waals surface area contributed by atoms with Crippen molar-refractivity contribution in [3.05, 3.63) is 71.8 Å². The van der Waals surface area contributed by atoms with Crippen LogP contribution in [0.4, 0.5) is 0 Å². The summed E-state index contributed by atoms with van der Waals surface area (Å²) >= 11 is -0.506. The minimum atomic E-state index is -0.506. The summed E-state index contributed by atoms with van der Waals surface area (Å²) in [5, 5.41) is 0. The molecule has 0 aliphatic heterocycles. The Morgan fingerprint density at radius 2 is 0.952 bits per heavy atom. The van der Waals surface area contributed by atoms with Crippen molar-refractivity contribution in [2.45, 2.75) is 46.4 Å². The Hall–Kier alpha value is -0.625. The van der Waals surface area contributed by atoms with E-state index in [1.54, 1.807) is 7.86 Å². The molecule has 0 heterocycles. The number of benzene rings is 2. The Morgan fingerprint density at radius 1 is 0.524 bits per heavy atom. The van der Waals surface area contributed by atoms with Crippen molar-refractivity contribution in [2.24, 2.45) is 0 Å². The maximum atomic E-state index is 2.26. The van der Waals surface area contributed by atoms with Crippen molar-refractivity contribution in [1.29, 1.82) is 0 Å². The summed E-state index contributed by atoms with van der Waals surface area (Å²) in [6.45, 7) is 0. The van der Waals surface area contributed by atoms with Gasteiger partial charge in [0.2, 0.25) is 0 Å². The van der Waals surface area contributed by atoms with Crippen molar-refractivity contribution in [3.63, 3.8) is 0 Å². The molecule has 0 saturated heterocycles. The fourth-order valence-corrected chi connectivity index (χ4v) is 9.70. The maximum absolute atomic E-state index is 2.26. The van der Waals surface area contributed by atoms with E-state index in [4.69, 9.17) is 0 Å². The first-order valence-corrected chi connectivity index (χ1v) is 16.3. The van der Waals surface area contributed by atoms with Gasteiger partial charge >= 0.3 is 143 Å². The van der Waals surface area contributed by atoms with Gasteiger partial charge in [0.1, 0.15) is 0 Å². The first-order chi connectivity index (χ1) is 10.4. The molecule has 0 nitrogen and oxygen atoms in total. The number of hydrogen-bond acceptors (Lipinski definition) is 0. The standard InChI is InChI=1S/2C10H13.Hg/c2*1-2-3-7-10-8-5-4-6-9-10;/h2*4-6,8-9H,1-3,7H2;. The van der Waals surface area contributed by atoms with Gasteiger partial charge < -0.3 is 0 Å². The SMILES string of the molecule is c1ccc(CCC[CH2][Hg][CH2]CCCc2ccccc2)cc1. The van der Waals surface area contributed by atoms with Gasteiger partial charge in [-0.3, -0.25) is 0 Å². The van der Waals surface area contributed by atoms with E-state index in [0.29, 0.717) is 0 Å². The molecule has 1 heteroatoms. The second-order valence-corrected chi connectivity index (χ2v) is 14.2. The van der Waals surface area contributed by atoms with Gasteiger partial charge in [-0.15, -0.1) is 0 Å². The summed E-state index contributed by atoms with van der Waals surface area (Å²) in [4.78, 5) is 0. The second kappa shape index (κ2) is 11.0. The van der Waals surface area contributed by atoms with Crippen LogP contribution >= 0.6 is 0 Å². The zero-order chi connectivity index (χ0) is 14.6. The summed E-state index contributed by atoms with van der Waals surface area (Å²) in [7, 11) is 0. The molecule has 0 aliphatic rings. The first kappa shape index (κ1) is 16.7. The van der Waals surface area contributed by atoms with Gasteiger partial charge in [0.15, 0.2) is 0 Å². The molecular formula is C20H26Hg. The van der Waals surface area contributed by atoms with Gasteiger partial charge in [0.05, 0.1) is 0 Å². The summed E-state index contributed by atoms with van der Waals surface area (Å²) in [6.07, 6.45) is 8.32. The minimum absolute atomic E-state index is 0.506. The van der Waals surface area contributed by atoms with E-state index in [9.17, 15) is 0 Å². The molecule has 2 aromatic rings. The Labute approximate surface area is 142 Å². The molecular weight excluding hydrogens is 441 g/mol. The molecule has 2 rings (SSSR count). The van der Waals surface area contributed by atoms with Gasteiger partial charge in [-0.25, -0.2) is 0 Å². The Morgan fingerprint density at radius 3 is 1.38 bits per heavy atom. The molecule has 0 amide bonds. The molecule has 0 aromatic heterocycles. The second-order valence-electron chi connectivity index (χ2n) is 5.95. The predicted octanol–water partition coefficient (Wildman–Crippen LogP) is 5.95. The van der Waals surface area contributed by atoms with Crippen LogP contribution in [0.1, 0.15) is 36.8 Å². The molecule has 0 unspecified atom stereocenters. The zero-order valence-electron chi connectivity index (χ0n) is 13.1. The van der Waals surface area contributed by atoms with E-state index >= 15 is 0 Å². The van der Waals surface area contributed by atoms with Crippen LogP contribution in [-0.2, 0) is 37.4 Å². The van der Waals surface area contributed by atoms with E-state index in [1.165, 1.54) is 49.7 Å². The summed E-state index contributed by atoms with van der Waals surface area (Å²) < 4.78 is 3.25. The third kappa shape index (κ3) is 7.81. The van der Waals surface area contributed by atoms with Crippen LogP contribution in [0.25, 0.3) is 0 Å². The molecule has 0 atom stereocenters. The van der Waals surface area contributed by atoms with Gasteiger partial charge in [-0.2, -0.15) is 0 Å². The van der Waals surface area contributed by atoms with E-state index < -0.39 is 24.6 Å². The summed E-state index contributed by atoms with van der Waals surface area (Å²) in [6, 6.07) is 21.9. The topological polar surface area (TPSA) is 0 Å². The number of hydrogen-bond donors (Lipinski definition) is 0. The fraction of sp³-hybridized carbons (Fsp3) is 0.400. The Kier molecular flexibility index (Phi) is 8.78. The molecule has 0 bridgehead atoms. The van der Waals surface area contributed by atoms with Crippen molar-refractivity contribution >= 4 is 0 Å². The van der Waals surface area contributed by atoms with Crippen molar-refractivity contribution in [3.8, 4) is 0 Å². The molecule has 2 aromatic carbocycles. The quantitative estimate of drug-likeness (QED) is 0.300. The summed E-state index contributed by atoms with van der Waals surface area (Å²) in [5.41, 5.74) is 3.02. The number of rotatable bonds is 10. The van der Waals surface area contributed by atoms with Crippen LogP contribution < -0.4 is 0 Å². The monoisotopic (exact) mass is 468 g/mol. The molecule has 0 fully saturated rings. The first-order valence-electron chi connectivity index (χ1n) is 8.53. The average molecular weight is 467 g/mol. The van der Waals surface area contributed by atoms with Gasteiger partial charge in [-0.05, 0) is 0 Å². The van der Waals surface area contributed by atoms with E-state index in [-0.39, 0.29) is 0 Å². The fourth-order valence-electron chi connectivity index (χ4n) is 2.83. The molecule has 0 radical (unpaired) electrons. The van der Waals surface area contributed by atoms with Crippen molar-refractivity contribution < 1.29 is 24.6 Å². The van der Waals surface area contributed by atoms with Crippen LogP contribution in [-0.4, -0.2) is 0 Å². The van der Waals surface area contributed by atoms with Crippen LogP contribution in [0.3, 0.4) is 0 Å². The predicted molar refractivity (Wildman–Crippen MR) is 88.4 cm³/mol. The van der Waals surface area contributed by atoms with Crippen LogP contribution in [0.15, 0.2) is 60.7 Å². The number of unbranched alkanes of at least 4 members (excludes halogenated alkanes) is 2. The summed E-state index contributed by atoms with van der Waals surface area (Å²) in [5.74, 6) is 0. The van der Waals surface area contributed by atoms with Crippen LogP contribution in [0.2, 0.25) is 7.86 Å². The van der Waals surface area contributed by atoms with Gasteiger partial charge in [-0.1, -0.05) is 0 Å². The van der Waals surface area contributed by atoms with E-state index in [2.05, 4.69) is 60.7 Å². The van der Waals surface area contributed by atoms with Crippen LogP contribution in [0.5, 0.6) is 0 Å². The Bertz CT molecular complexity index is 418. The van der Waals surface area contributed by atoms with Crippen molar-refractivity contribution in [1.82, 2.24) is 0 Å². The van der Waals surface area contributed by atoms with Gasteiger partial charge in [0.25, 0.3) is 0 Å². The number of aryl methyl sites for hydroxylation is 2. The molecule has 0 spiro atoms. The van der Waals surface area contributed by atoms with E-state index in [0.717, 1.165) is 0 Å². The molecule has 0 N–H and O–H groups in total. The molecule has 21 heavy (non-hydrogen) atoms. The Balaban J connectivity index is 1.40. The third-order valence-electron chi connectivity index (χ3n) is 4.12. The molecule has 108 valence electrons. The third-order valence-corrected chi connectivity index (χ3v) is 11.9. The molecule has 0 saturated carbocycles.